The van der Waals surface area contributed by atoms with E-state index < -0.39 is 0 Å². The molecular weight excluding hydrogens is 725 g/mol. The number of rotatable bonds is 4. The van der Waals surface area contributed by atoms with Crippen LogP contribution in [0.4, 0.5) is 28.4 Å². The standard InChI is InChI=1S/C58H50N2/c1-37-23-27-39(28-24-37)55-43-33-31-42(60-53-21-13-9-17-49(53)58(5,6)50-18-10-14-22-54(50)60)36-46(43)56(40-29-25-38(2)26-30-40)44-34-32-41(35-45(44)55)59-51-19-11-7-15-47(51)57(3,4)48-16-8-12-20-52(48)59/h7-13,15-21,23-36H,14,22H2,1-6H3. The lowest BCUT2D eigenvalue weighted by Gasteiger charge is -2.44. The largest absolute Gasteiger partial charge is 0.314 e. The zero-order valence-electron chi connectivity index (χ0n) is 35.5. The highest BCUT2D eigenvalue weighted by atomic mass is 15.2. The Kier molecular flexibility index (Phi) is 8.16. The van der Waals surface area contributed by atoms with Gasteiger partial charge in [-0.1, -0.05) is 166 Å². The van der Waals surface area contributed by atoms with Crippen molar-refractivity contribution in [3.8, 4) is 22.3 Å². The van der Waals surface area contributed by atoms with Gasteiger partial charge >= 0.3 is 0 Å². The number of anilines is 5. The monoisotopic (exact) mass is 774 g/mol. The number of para-hydroxylation sites is 3. The molecule has 0 unspecified atom stereocenters. The highest BCUT2D eigenvalue weighted by Crippen LogP contribution is 2.55. The van der Waals surface area contributed by atoms with Crippen molar-refractivity contribution in [1.29, 1.82) is 0 Å². The molecule has 0 saturated heterocycles. The maximum Gasteiger partial charge on any atom is 0.0502 e. The molecule has 2 nitrogen and oxygen atoms in total. The summed E-state index contributed by atoms with van der Waals surface area (Å²) in [5, 5.41) is 5.02. The Balaban J connectivity index is 1.23. The van der Waals surface area contributed by atoms with E-state index in [0.29, 0.717) is 0 Å². The minimum atomic E-state index is -0.130. The van der Waals surface area contributed by atoms with E-state index in [9.17, 15) is 0 Å². The van der Waals surface area contributed by atoms with Crippen LogP contribution in [0.3, 0.4) is 0 Å². The molecule has 0 atom stereocenters. The maximum absolute atomic E-state index is 2.57. The highest BCUT2D eigenvalue weighted by molar-refractivity contribution is 6.22. The Morgan fingerprint density at radius 1 is 0.433 bits per heavy atom. The van der Waals surface area contributed by atoms with Gasteiger partial charge in [-0.05, 0) is 135 Å². The Labute approximate surface area is 354 Å². The molecule has 8 aromatic carbocycles. The number of hydrogen-bond acceptors (Lipinski definition) is 2. The first-order chi connectivity index (χ1) is 29.1. The van der Waals surface area contributed by atoms with Crippen LogP contribution in [0.1, 0.15) is 68.4 Å². The van der Waals surface area contributed by atoms with Crippen molar-refractivity contribution >= 4 is 50.0 Å². The Morgan fingerprint density at radius 2 is 0.867 bits per heavy atom. The van der Waals surface area contributed by atoms with Crippen LogP contribution in [0.25, 0.3) is 43.8 Å². The second-order valence-electron chi connectivity index (χ2n) is 18.2. The van der Waals surface area contributed by atoms with Crippen molar-refractivity contribution in [2.24, 2.45) is 0 Å². The molecule has 2 heteroatoms. The molecule has 0 bridgehead atoms. The van der Waals surface area contributed by atoms with Crippen LogP contribution in [0, 0.1) is 13.8 Å². The van der Waals surface area contributed by atoms with Crippen molar-refractivity contribution in [1.82, 2.24) is 0 Å². The molecule has 292 valence electrons. The summed E-state index contributed by atoms with van der Waals surface area (Å²) in [5.41, 5.74) is 20.3. The van der Waals surface area contributed by atoms with Gasteiger partial charge in [-0.25, -0.2) is 0 Å². The van der Waals surface area contributed by atoms with E-state index in [1.165, 1.54) is 106 Å². The highest BCUT2D eigenvalue weighted by Gasteiger charge is 2.39. The molecule has 0 radical (unpaired) electrons. The smallest absolute Gasteiger partial charge is 0.0502 e. The SMILES string of the molecule is Cc1ccc(-c2c3ccc(N4c5ccccc5C(C)(C)c5ccccc54)cc3c(-c3ccc(C)cc3)c3ccc(N4C5=C(C=CCC5)C(C)(C)c5ccccc54)cc23)cc1. The predicted octanol–water partition coefficient (Wildman–Crippen LogP) is 16.1. The first kappa shape index (κ1) is 36.4. The van der Waals surface area contributed by atoms with Gasteiger partial charge in [0.15, 0.2) is 0 Å². The molecule has 8 aromatic rings. The van der Waals surface area contributed by atoms with E-state index in [-0.39, 0.29) is 10.8 Å². The Bertz CT molecular complexity index is 3050. The van der Waals surface area contributed by atoms with Gasteiger partial charge in [0, 0.05) is 33.6 Å². The average Bonchev–Trinajstić information content (AvgIpc) is 3.27. The molecule has 0 N–H and O–H groups in total. The van der Waals surface area contributed by atoms with E-state index in [4.69, 9.17) is 0 Å². The quantitative estimate of drug-likeness (QED) is 0.164. The minimum Gasteiger partial charge on any atom is -0.314 e. The van der Waals surface area contributed by atoms with Crippen molar-refractivity contribution in [2.75, 3.05) is 9.80 Å². The summed E-state index contributed by atoms with van der Waals surface area (Å²) in [6.07, 6.45) is 6.81. The fraction of sp³-hybridized carbons (Fsp3) is 0.172. The summed E-state index contributed by atoms with van der Waals surface area (Å²) >= 11 is 0. The molecule has 3 aliphatic rings. The fourth-order valence-corrected chi connectivity index (χ4v) is 10.7. The van der Waals surface area contributed by atoms with Crippen molar-refractivity contribution in [2.45, 2.75) is 65.2 Å². The van der Waals surface area contributed by atoms with Crippen molar-refractivity contribution in [3.63, 3.8) is 0 Å². The normalized spacial score (nSPS) is 16.1. The first-order valence-electron chi connectivity index (χ1n) is 21.6. The van der Waals surface area contributed by atoms with Crippen molar-refractivity contribution < 1.29 is 0 Å². The average molecular weight is 775 g/mol. The first-order valence-corrected chi connectivity index (χ1v) is 21.6. The maximum atomic E-state index is 2.57. The van der Waals surface area contributed by atoms with Gasteiger partial charge in [0.25, 0.3) is 0 Å². The van der Waals surface area contributed by atoms with Crippen LogP contribution in [-0.4, -0.2) is 0 Å². The third-order valence-corrected chi connectivity index (χ3v) is 13.8. The summed E-state index contributed by atoms with van der Waals surface area (Å²) in [5.74, 6) is 0. The molecule has 0 amide bonds. The van der Waals surface area contributed by atoms with Gasteiger partial charge in [-0.2, -0.15) is 0 Å². The summed E-state index contributed by atoms with van der Waals surface area (Å²) in [6.45, 7) is 13.9. The van der Waals surface area contributed by atoms with Gasteiger partial charge in [-0.15, -0.1) is 0 Å². The van der Waals surface area contributed by atoms with Gasteiger partial charge < -0.3 is 9.80 Å². The second-order valence-corrected chi connectivity index (χ2v) is 18.2. The molecule has 11 rings (SSSR count). The van der Waals surface area contributed by atoms with E-state index >= 15 is 0 Å². The van der Waals surface area contributed by atoms with E-state index in [1.807, 2.05) is 0 Å². The molecule has 2 aliphatic heterocycles. The van der Waals surface area contributed by atoms with E-state index in [1.54, 1.807) is 0 Å². The molecule has 0 saturated carbocycles. The summed E-state index contributed by atoms with van der Waals surface area (Å²) in [6, 6.07) is 59.8. The summed E-state index contributed by atoms with van der Waals surface area (Å²) < 4.78 is 0. The van der Waals surface area contributed by atoms with Crippen LogP contribution in [0.5, 0.6) is 0 Å². The Morgan fingerprint density at radius 3 is 1.37 bits per heavy atom. The number of benzene rings is 8. The lowest BCUT2D eigenvalue weighted by atomic mass is 9.71. The number of aryl methyl sites for hydroxylation is 2. The second kappa shape index (κ2) is 13.4. The lowest BCUT2D eigenvalue weighted by molar-refractivity contribution is 0.603. The molecular formula is C58H50N2. The number of allylic oxidation sites excluding steroid dienone is 4. The van der Waals surface area contributed by atoms with Crippen LogP contribution >= 0.6 is 0 Å². The zero-order chi connectivity index (χ0) is 40.9. The minimum absolute atomic E-state index is 0.0824. The molecule has 0 aromatic heterocycles. The molecule has 1 aliphatic carbocycles. The molecule has 60 heavy (non-hydrogen) atoms. The van der Waals surface area contributed by atoms with Crippen LogP contribution in [-0.2, 0) is 10.8 Å². The fourth-order valence-electron chi connectivity index (χ4n) is 10.7. The van der Waals surface area contributed by atoms with Gasteiger partial charge in [0.05, 0.1) is 11.4 Å². The third-order valence-electron chi connectivity index (χ3n) is 13.8. The van der Waals surface area contributed by atoms with Crippen molar-refractivity contribution in [3.05, 3.63) is 209 Å². The van der Waals surface area contributed by atoms with Gasteiger partial charge in [-0.3, -0.25) is 0 Å². The van der Waals surface area contributed by atoms with Crippen LogP contribution < -0.4 is 9.80 Å². The molecule has 0 spiro atoms. The van der Waals surface area contributed by atoms with E-state index in [2.05, 4.69) is 221 Å². The topological polar surface area (TPSA) is 6.48 Å². The third kappa shape index (κ3) is 5.40. The molecule has 0 fully saturated rings. The van der Waals surface area contributed by atoms with Gasteiger partial charge in [0.1, 0.15) is 0 Å². The zero-order valence-corrected chi connectivity index (χ0v) is 35.5. The van der Waals surface area contributed by atoms with Gasteiger partial charge in [0.2, 0.25) is 0 Å². The predicted molar refractivity (Wildman–Crippen MR) is 256 cm³/mol. The lowest BCUT2D eigenvalue weighted by Crippen LogP contribution is -2.34. The Hall–Kier alpha value is -6.64. The van der Waals surface area contributed by atoms with Crippen LogP contribution in [0.2, 0.25) is 0 Å². The molecule has 2 heterocycles. The van der Waals surface area contributed by atoms with E-state index in [0.717, 1.165) is 18.5 Å². The number of hydrogen-bond donors (Lipinski definition) is 0. The number of nitrogens with zero attached hydrogens (tertiary/aromatic N) is 2. The number of fused-ring (bicyclic) bond motifs is 5. The summed E-state index contributed by atoms with van der Waals surface area (Å²) in [7, 11) is 0. The summed E-state index contributed by atoms with van der Waals surface area (Å²) in [4.78, 5) is 5.07. The van der Waals surface area contributed by atoms with Crippen LogP contribution in [0.15, 0.2) is 181 Å².